The van der Waals surface area contributed by atoms with Gasteiger partial charge in [0.15, 0.2) is 0 Å². The first-order valence-electron chi connectivity index (χ1n) is 5.67. The maximum atomic E-state index is 3.28. The molecule has 0 bridgehead atoms. The van der Waals surface area contributed by atoms with Crippen LogP contribution in [-0.4, -0.2) is 0 Å². The van der Waals surface area contributed by atoms with E-state index in [1.807, 2.05) is 4.99 Å². The van der Waals surface area contributed by atoms with Crippen LogP contribution in [0.1, 0.15) is 64.7 Å². The predicted octanol–water partition coefficient (Wildman–Crippen LogP) is 5.43. The molecule has 1 heteroatoms. The molecule has 0 saturated carbocycles. The molecule has 0 aromatic carbocycles. The smallest absolute Gasteiger partial charge is 0.0229 e. The van der Waals surface area contributed by atoms with E-state index in [4.69, 9.17) is 0 Å². The first-order valence-corrected chi connectivity index (χ1v) is 6.58. The summed E-state index contributed by atoms with van der Waals surface area (Å²) in [6.07, 6.45) is 14.7. The summed E-state index contributed by atoms with van der Waals surface area (Å²) in [5, 5.41) is 0. The van der Waals surface area contributed by atoms with E-state index in [0.717, 1.165) is 0 Å². The van der Waals surface area contributed by atoms with Crippen molar-refractivity contribution in [2.75, 3.05) is 0 Å². The van der Waals surface area contributed by atoms with Gasteiger partial charge >= 0.3 is 0 Å². The summed E-state index contributed by atoms with van der Waals surface area (Å²) in [6.45, 7) is 2.27. The Hall–Kier alpha value is 0.220. The molecule has 78 valence electrons. The first kappa shape index (κ1) is 13.2. The third-order valence-electron chi connectivity index (χ3n) is 2.31. The van der Waals surface area contributed by atoms with Crippen LogP contribution in [-0.2, 0) is 0 Å². The van der Waals surface area contributed by atoms with Crippen LogP contribution in [0.4, 0.5) is 0 Å². The second kappa shape index (κ2) is 12.2. The van der Waals surface area contributed by atoms with Crippen LogP contribution in [0.3, 0.4) is 0 Å². The Morgan fingerprint density at radius 3 is 1.92 bits per heavy atom. The van der Waals surface area contributed by atoms with Crippen LogP contribution < -0.4 is 0 Å². The van der Waals surface area contributed by atoms with Gasteiger partial charge in [-0.2, -0.15) is 0 Å². The number of unbranched alkanes of at least 4 members (excludes halogenated alkanes) is 8. The minimum absolute atomic E-state index is 1.24. The molecule has 0 aliphatic rings. The molecule has 0 heterocycles. The third kappa shape index (κ3) is 12.2. The van der Waals surface area contributed by atoms with E-state index in [-0.39, 0.29) is 0 Å². The largest absolute Gasteiger partial charge is 0.0776 e. The second-order valence-corrected chi connectivity index (χ2v) is 4.15. The van der Waals surface area contributed by atoms with Gasteiger partial charge in [-0.05, 0) is 17.8 Å². The Kier molecular flexibility index (Phi) is 12.4. The van der Waals surface area contributed by atoms with Gasteiger partial charge in [-0.1, -0.05) is 73.9 Å². The highest BCUT2D eigenvalue weighted by molar-refractivity contribution is 9.11. The van der Waals surface area contributed by atoms with E-state index >= 15 is 0 Å². The van der Waals surface area contributed by atoms with Crippen LogP contribution in [0.5, 0.6) is 0 Å². The first-order chi connectivity index (χ1) is 6.41. The van der Waals surface area contributed by atoms with Gasteiger partial charge in [0.05, 0.1) is 0 Å². The monoisotopic (exact) mass is 246 g/mol. The molecule has 0 radical (unpaired) electrons. The highest BCUT2D eigenvalue weighted by Gasteiger charge is 1.89. The average Bonchev–Trinajstić information content (AvgIpc) is 2.16. The predicted molar refractivity (Wildman–Crippen MR) is 65.3 cm³/mol. The van der Waals surface area contributed by atoms with E-state index in [1.54, 1.807) is 0 Å². The fourth-order valence-corrected chi connectivity index (χ4v) is 1.72. The van der Waals surface area contributed by atoms with Gasteiger partial charge in [0, 0.05) is 0 Å². The summed E-state index contributed by atoms with van der Waals surface area (Å²) in [5.41, 5.74) is 0. The molecule has 0 atom stereocenters. The molecule has 0 nitrogen and oxygen atoms in total. The van der Waals surface area contributed by atoms with Gasteiger partial charge in [-0.25, -0.2) is 0 Å². The highest BCUT2D eigenvalue weighted by atomic mass is 79.9. The summed E-state index contributed by atoms with van der Waals surface area (Å²) >= 11 is 3.28. The molecule has 0 amide bonds. The van der Waals surface area contributed by atoms with Crippen molar-refractivity contribution in [2.45, 2.75) is 64.7 Å². The Balaban J connectivity index is 2.83. The lowest BCUT2D eigenvalue weighted by atomic mass is 10.1. The zero-order valence-electron chi connectivity index (χ0n) is 8.90. The van der Waals surface area contributed by atoms with Crippen molar-refractivity contribution >= 4 is 15.9 Å². The van der Waals surface area contributed by atoms with Crippen molar-refractivity contribution in [2.24, 2.45) is 0 Å². The Bertz CT molecular complexity index is 108. The number of hydrogen-bond donors (Lipinski definition) is 0. The van der Waals surface area contributed by atoms with Crippen LogP contribution in [0.2, 0.25) is 0 Å². The molecule has 0 rings (SSSR count). The molecule has 0 N–H and O–H groups in total. The number of halogens is 1. The molecule has 0 aliphatic carbocycles. The van der Waals surface area contributed by atoms with E-state index in [0.29, 0.717) is 0 Å². The molecular weight excluding hydrogens is 224 g/mol. The standard InChI is InChI=1S/C12H23Br/c1-2-3-4-5-6-7-8-9-10-11-12-13/h11-12H,2-10H2,1H3. The summed E-state index contributed by atoms with van der Waals surface area (Å²) in [7, 11) is 0. The summed E-state index contributed by atoms with van der Waals surface area (Å²) in [4.78, 5) is 1.97. The van der Waals surface area contributed by atoms with Gasteiger partial charge in [-0.3, -0.25) is 0 Å². The molecular formula is C12H23Br. The lowest BCUT2D eigenvalue weighted by molar-refractivity contribution is 0.578. The van der Waals surface area contributed by atoms with E-state index in [2.05, 4.69) is 28.9 Å². The van der Waals surface area contributed by atoms with Gasteiger partial charge in [-0.15, -0.1) is 0 Å². The fourth-order valence-electron chi connectivity index (χ4n) is 1.46. The third-order valence-corrected chi connectivity index (χ3v) is 2.69. The average molecular weight is 247 g/mol. The number of hydrogen-bond acceptors (Lipinski definition) is 0. The lowest BCUT2D eigenvalue weighted by Gasteiger charge is -1.99. The van der Waals surface area contributed by atoms with Crippen molar-refractivity contribution in [3.63, 3.8) is 0 Å². The molecule has 13 heavy (non-hydrogen) atoms. The second-order valence-electron chi connectivity index (χ2n) is 3.63. The topological polar surface area (TPSA) is 0 Å². The fraction of sp³-hybridized carbons (Fsp3) is 0.833. The Labute approximate surface area is 91.9 Å². The van der Waals surface area contributed by atoms with E-state index in [9.17, 15) is 0 Å². The Morgan fingerprint density at radius 1 is 0.846 bits per heavy atom. The Morgan fingerprint density at radius 2 is 1.38 bits per heavy atom. The van der Waals surface area contributed by atoms with E-state index in [1.165, 1.54) is 57.8 Å². The molecule has 0 unspecified atom stereocenters. The minimum atomic E-state index is 1.24. The SMILES string of the molecule is CCCCCCCCCCC=CBr. The van der Waals surface area contributed by atoms with Crippen LogP contribution >= 0.6 is 15.9 Å². The molecule has 0 aliphatic heterocycles. The van der Waals surface area contributed by atoms with Gasteiger partial charge in [0.1, 0.15) is 0 Å². The van der Waals surface area contributed by atoms with Gasteiger partial charge < -0.3 is 0 Å². The van der Waals surface area contributed by atoms with Crippen LogP contribution in [0.25, 0.3) is 0 Å². The molecule has 0 fully saturated rings. The molecule has 0 spiro atoms. The number of allylic oxidation sites excluding steroid dienone is 1. The summed E-state index contributed by atoms with van der Waals surface area (Å²) < 4.78 is 0. The van der Waals surface area contributed by atoms with Gasteiger partial charge in [0.2, 0.25) is 0 Å². The quantitative estimate of drug-likeness (QED) is 0.477. The maximum absolute atomic E-state index is 3.28. The normalized spacial score (nSPS) is 11.2. The van der Waals surface area contributed by atoms with E-state index < -0.39 is 0 Å². The van der Waals surface area contributed by atoms with Crippen molar-refractivity contribution in [3.05, 3.63) is 11.1 Å². The van der Waals surface area contributed by atoms with Crippen molar-refractivity contribution in [3.8, 4) is 0 Å². The highest BCUT2D eigenvalue weighted by Crippen LogP contribution is 2.09. The minimum Gasteiger partial charge on any atom is -0.0776 e. The van der Waals surface area contributed by atoms with Crippen LogP contribution in [0, 0.1) is 0 Å². The number of rotatable bonds is 9. The van der Waals surface area contributed by atoms with Crippen molar-refractivity contribution in [1.82, 2.24) is 0 Å². The summed E-state index contributed by atoms with van der Waals surface area (Å²) in [6, 6.07) is 0. The van der Waals surface area contributed by atoms with Crippen molar-refractivity contribution < 1.29 is 0 Å². The van der Waals surface area contributed by atoms with Gasteiger partial charge in [0.25, 0.3) is 0 Å². The maximum Gasteiger partial charge on any atom is -0.0229 e. The zero-order valence-corrected chi connectivity index (χ0v) is 10.5. The van der Waals surface area contributed by atoms with Crippen LogP contribution in [0.15, 0.2) is 11.1 Å². The summed E-state index contributed by atoms with van der Waals surface area (Å²) in [5.74, 6) is 0. The van der Waals surface area contributed by atoms with Crippen molar-refractivity contribution in [1.29, 1.82) is 0 Å². The zero-order chi connectivity index (χ0) is 9.78. The molecule has 0 aromatic heterocycles. The molecule has 0 saturated heterocycles. The lowest BCUT2D eigenvalue weighted by Crippen LogP contribution is -1.79. The molecule has 0 aromatic rings.